The number of rotatable bonds is 59. The molecule has 0 spiro atoms. The van der Waals surface area contributed by atoms with E-state index >= 15 is 0 Å². The monoisotopic (exact) mass is 1570 g/mol. The van der Waals surface area contributed by atoms with Crippen molar-refractivity contribution in [3.05, 3.63) is 45.9 Å². The maximum atomic E-state index is 11.3. The zero-order valence-corrected chi connectivity index (χ0v) is 71.4. The van der Waals surface area contributed by atoms with Crippen molar-refractivity contribution in [1.29, 1.82) is 0 Å². The number of thioether (sulfide) groups is 1. The van der Waals surface area contributed by atoms with Gasteiger partial charge in [-0.2, -0.15) is 46.4 Å². The molecule has 0 heterocycles. The van der Waals surface area contributed by atoms with Gasteiger partial charge in [0.25, 0.3) is 5.91 Å². The van der Waals surface area contributed by atoms with Crippen LogP contribution in [0.5, 0.6) is 0 Å². The summed E-state index contributed by atoms with van der Waals surface area (Å²) >= 11 is 10.0. The van der Waals surface area contributed by atoms with Gasteiger partial charge in [0.1, 0.15) is 0 Å². The lowest BCUT2D eigenvalue weighted by Crippen LogP contribution is -2.07. The second kappa shape index (κ2) is 101. The number of nitrogens with two attached hydrogens (primary N) is 3. The minimum absolute atomic E-state index is 0.270. The Bertz CT molecular complexity index is 2070. The Hall–Kier alpha value is -3.36. The third-order valence-electron chi connectivity index (χ3n) is 15.1. The molecule has 0 fully saturated rings. The van der Waals surface area contributed by atoms with Gasteiger partial charge in [0.15, 0.2) is 0 Å². The van der Waals surface area contributed by atoms with Crippen LogP contribution in [0.1, 0.15) is 343 Å². The summed E-state index contributed by atoms with van der Waals surface area (Å²) < 4.78 is 62.8. The molecule has 1 atom stereocenters. The Balaban J connectivity index is -0.000000172. The molecular formula is C80H155N3O14S6. The summed E-state index contributed by atoms with van der Waals surface area (Å²) in [7, 11) is -2.66. The average Bonchev–Trinajstić information content (AvgIpc) is 0.954. The summed E-state index contributed by atoms with van der Waals surface area (Å²) in [6.45, 7) is 13.4. The fourth-order valence-corrected chi connectivity index (χ4v) is 13.2. The van der Waals surface area contributed by atoms with Crippen molar-refractivity contribution < 1.29 is 65.4 Å². The Morgan fingerprint density at radius 1 is 0.398 bits per heavy atom. The number of unbranched alkanes of at least 4 members (excludes halogenated alkanes) is 41. The van der Waals surface area contributed by atoms with Gasteiger partial charge >= 0.3 is 17.9 Å². The summed E-state index contributed by atoms with van der Waals surface area (Å²) in [5.41, 5.74) is 14.2. The lowest BCUT2D eigenvalue weighted by molar-refractivity contribution is -0.135. The van der Waals surface area contributed by atoms with Gasteiger partial charge in [-0.15, -0.1) is 24.6 Å². The topological polar surface area (TPSA) is 306 Å². The Labute approximate surface area is 652 Å². The normalized spacial score (nSPS) is 11.3. The van der Waals surface area contributed by atoms with E-state index in [0.717, 1.165) is 86.2 Å². The fourth-order valence-electron chi connectivity index (χ4n) is 8.96. The summed E-state index contributed by atoms with van der Waals surface area (Å²) in [4.78, 5) is 61.5. The van der Waals surface area contributed by atoms with Crippen molar-refractivity contribution >= 4 is 105 Å². The van der Waals surface area contributed by atoms with Crippen molar-refractivity contribution in [3.8, 4) is 24.7 Å². The van der Waals surface area contributed by atoms with E-state index in [9.17, 15) is 51.2 Å². The van der Waals surface area contributed by atoms with Crippen LogP contribution in [0.15, 0.2) is 45.9 Å². The molecule has 0 aliphatic heterocycles. The smallest absolute Gasteiger partial charge is 0.383 e. The third-order valence-corrected chi connectivity index (χ3v) is 20.6. The molecule has 23 heteroatoms. The van der Waals surface area contributed by atoms with E-state index in [-0.39, 0.29) is 5.97 Å². The molecule has 0 aliphatic carbocycles. The number of carbonyl (C=O) groups is 6. The predicted octanol–water partition coefficient (Wildman–Crippen LogP) is 22.5. The summed E-state index contributed by atoms with van der Waals surface area (Å²) in [6, 6.07) is 0. The van der Waals surface area contributed by atoms with Gasteiger partial charge in [-0.3, -0.25) is 36.8 Å². The van der Waals surface area contributed by atoms with Crippen LogP contribution in [0, 0.1) is 24.7 Å². The zero-order valence-electron chi connectivity index (χ0n) is 66.4. The van der Waals surface area contributed by atoms with Crippen molar-refractivity contribution in [2.24, 2.45) is 17.2 Å². The van der Waals surface area contributed by atoms with Gasteiger partial charge in [-0.25, -0.2) is 14.4 Å². The highest BCUT2D eigenvalue weighted by Gasteiger charge is 2.10. The van der Waals surface area contributed by atoms with Gasteiger partial charge in [-0.05, 0) is 67.1 Å². The van der Waals surface area contributed by atoms with Crippen molar-refractivity contribution in [1.82, 2.24) is 0 Å². The Morgan fingerprint density at radius 2 is 0.670 bits per heavy atom. The van der Waals surface area contributed by atoms with Crippen LogP contribution in [0.25, 0.3) is 0 Å². The Morgan fingerprint density at radius 3 is 0.932 bits per heavy atom. The van der Waals surface area contributed by atoms with Crippen LogP contribution in [0.3, 0.4) is 0 Å². The molecule has 0 aromatic heterocycles. The molecule has 0 aromatic rings. The molecule has 0 aromatic carbocycles. The summed E-state index contributed by atoms with van der Waals surface area (Å²) in [6.07, 6.45) is 73.9. The molecule has 0 saturated heterocycles. The van der Waals surface area contributed by atoms with E-state index in [1.54, 1.807) is 23.6 Å². The molecule has 0 saturated carbocycles. The van der Waals surface area contributed by atoms with Gasteiger partial charge < -0.3 is 31.4 Å². The van der Waals surface area contributed by atoms with Crippen LogP contribution in [0.4, 0.5) is 0 Å². The number of esters is 3. The lowest BCUT2D eigenvalue weighted by Gasteiger charge is -2.27. The molecule has 1 unspecified atom stereocenters. The number of carbonyl (C=O) groups excluding carboxylic acids is 6. The standard InChI is InChI=1S/C14H28O4S.C14H26O2S.C13H27NO3S.C13H25NO2S.C10H22S.C9H20S.C4H4O2.C3H3NO/c1-3-4-5-6-7-8-9-10-12-19(16,17)13-11-14(15)18-2;1-3-4-5-6-7-8-9-10-12-17-13-11-14(15)16-2;1-2-3-4-5-6-7-8-9-11-18(16,17)12-10-13(14)15;1-2-3-4-5-6-7-8-9-11-17(16)12-10-13(14)15;1-2-3-4-5-6-7-8-9-10-11;1-2-3-4-5-6-7-8-9-10;1-3-4(5)6-2;1-2-3(4)5/h11,13,16-17H,3-10,12H2,1-2H3;11,13H,3-10,12H2,1-2H3;10,12,16-17H,2-9,11H2,1H3,(H2,14,15);10,12H,2-9,11H2,1H3,(H2,14,15);11H,2-10H2,1H3;10H,2-9H2,1H3;1H,2H3;1H,(H2,4,5)/b13-11+;;12-10+;;;;;. The lowest BCUT2D eigenvalue weighted by atomic mass is 10.1. The number of ether oxygens (including phenoxy) is 3. The third kappa shape index (κ3) is 132. The highest BCUT2D eigenvalue weighted by atomic mass is 32.3. The minimum atomic E-state index is -2.77. The molecule has 0 rings (SSSR count). The van der Waals surface area contributed by atoms with E-state index in [4.69, 9.17) is 11.5 Å². The Kier molecular flexibility index (Phi) is 113. The second-order valence-corrected chi connectivity index (χ2v) is 32.5. The first-order valence-electron chi connectivity index (χ1n) is 38.9. The van der Waals surface area contributed by atoms with Crippen molar-refractivity contribution in [2.45, 2.75) is 343 Å². The zero-order chi connectivity index (χ0) is 79.4. The molecule has 0 radical (unpaired) electrons. The van der Waals surface area contributed by atoms with E-state index < -0.39 is 61.6 Å². The molecule has 10 N–H and O–H groups in total. The van der Waals surface area contributed by atoms with Gasteiger partial charge in [0.2, 0.25) is 11.8 Å². The van der Waals surface area contributed by atoms with Gasteiger partial charge in [-0.1, -0.05) is 305 Å². The van der Waals surface area contributed by atoms with Crippen LogP contribution < -0.4 is 17.2 Å². The molecule has 0 aliphatic rings. The van der Waals surface area contributed by atoms with E-state index in [1.807, 2.05) is 5.41 Å². The average molecular weight is 1580 g/mol. The molecule has 17 nitrogen and oxygen atoms in total. The SMILES string of the molecule is C#CC(=O)OC.C#CC(N)=O.CCCCCCCCCCS.CCCCCCCCCCS(=O)C=CC(N)=O.CCCCCCCCCCS(O)(O)/C=C/C(=O)OC.CCCCCCCCCCS(O)(O)/C=C/C(N)=O.CCCCCCCCCCSC=CC(=O)OC.CCCCCCCCCS. The largest absolute Gasteiger partial charge is 0.466 e. The maximum Gasteiger partial charge on any atom is 0.383 e. The van der Waals surface area contributed by atoms with E-state index in [0.29, 0.717) is 17.3 Å². The van der Waals surface area contributed by atoms with Crippen LogP contribution in [-0.2, 0) is 53.8 Å². The molecule has 3 amide bonds. The van der Waals surface area contributed by atoms with Gasteiger partial charge in [0, 0.05) is 74.5 Å². The number of hydrogen-bond acceptors (Lipinski definition) is 17. The van der Waals surface area contributed by atoms with Crippen molar-refractivity contribution in [3.63, 3.8) is 0 Å². The molecule has 103 heavy (non-hydrogen) atoms. The quantitative estimate of drug-likeness (QED) is 0.00520. The fraction of sp³-hybridized carbons (Fsp3) is 0.775. The first-order valence-corrected chi connectivity index (χ1v) is 46.1. The summed E-state index contributed by atoms with van der Waals surface area (Å²) in [5.74, 6) is 4.58. The predicted molar refractivity (Wildman–Crippen MR) is 458 cm³/mol. The first kappa shape index (κ1) is 115. The molecule has 0 bridgehead atoms. The second-order valence-electron chi connectivity index (χ2n) is 24.9. The molecular weight excluding hydrogens is 1420 g/mol. The van der Waals surface area contributed by atoms with E-state index in [1.165, 1.54) is 295 Å². The van der Waals surface area contributed by atoms with Gasteiger partial charge in [0.05, 0.1) is 21.3 Å². The number of thiol groups is 2. The number of hydrogen-bond donors (Lipinski definition) is 9. The van der Waals surface area contributed by atoms with Crippen molar-refractivity contribution in [2.75, 3.05) is 55.8 Å². The highest BCUT2D eigenvalue weighted by molar-refractivity contribution is 8.27. The number of methoxy groups -OCH3 is 3. The number of amides is 3. The molecule has 610 valence electrons. The summed E-state index contributed by atoms with van der Waals surface area (Å²) in [5, 5.41) is 5.52. The van der Waals surface area contributed by atoms with Crippen LogP contribution in [-0.4, -0.2) is 114 Å². The van der Waals surface area contributed by atoms with Crippen LogP contribution in [0.2, 0.25) is 0 Å². The minimum Gasteiger partial charge on any atom is -0.466 e. The van der Waals surface area contributed by atoms with E-state index in [2.05, 4.69) is 99.6 Å². The highest BCUT2D eigenvalue weighted by Crippen LogP contribution is 2.42. The first-order chi connectivity index (χ1) is 49.4. The number of terminal acetylenes is 2. The van der Waals surface area contributed by atoms with Crippen LogP contribution >= 0.6 is 58.2 Å². The maximum absolute atomic E-state index is 11.3. The number of primary amides is 3.